The lowest BCUT2D eigenvalue weighted by Crippen LogP contribution is -1.85. The molecule has 2 rings (SSSR count). The van der Waals surface area contributed by atoms with Gasteiger partial charge in [-0.3, -0.25) is 0 Å². The van der Waals surface area contributed by atoms with E-state index >= 15 is 0 Å². The number of nitrogens with zero attached hydrogens (tertiary/aromatic N) is 1. The summed E-state index contributed by atoms with van der Waals surface area (Å²) >= 11 is 0. The van der Waals surface area contributed by atoms with Gasteiger partial charge in [-0.2, -0.15) is 5.26 Å². The molecule has 0 amide bonds. The molecular weight excluding hydrogens is 210 g/mol. The molecule has 0 saturated carbocycles. The van der Waals surface area contributed by atoms with Crippen LogP contribution in [0.15, 0.2) is 42.5 Å². The topological polar surface area (TPSA) is 44.0 Å². The normalized spacial score (nSPS) is 9.94. The predicted molar refractivity (Wildman–Crippen MR) is 67.3 cm³/mol. The zero-order chi connectivity index (χ0) is 12.3. The van der Waals surface area contributed by atoms with Crippen LogP contribution in [0.5, 0.6) is 0 Å². The number of nitriles is 1. The Balaban J connectivity index is 2.45. The summed E-state index contributed by atoms with van der Waals surface area (Å²) in [5, 5.41) is 17.9. The molecule has 0 radical (unpaired) electrons. The van der Waals surface area contributed by atoms with Crippen LogP contribution in [0.3, 0.4) is 0 Å². The van der Waals surface area contributed by atoms with E-state index in [0.29, 0.717) is 5.56 Å². The van der Waals surface area contributed by atoms with Gasteiger partial charge in [0.25, 0.3) is 0 Å². The van der Waals surface area contributed by atoms with Gasteiger partial charge < -0.3 is 5.11 Å². The summed E-state index contributed by atoms with van der Waals surface area (Å²) in [4.78, 5) is 0. The third-order valence-corrected chi connectivity index (χ3v) is 2.68. The molecule has 2 nitrogen and oxygen atoms in total. The van der Waals surface area contributed by atoms with Crippen molar-refractivity contribution in [1.82, 2.24) is 0 Å². The molecule has 2 aromatic carbocycles. The molecule has 17 heavy (non-hydrogen) atoms. The van der Waals surface area contributed by atoms with Crippen molar-refractivity contribution in [2.45, 2.75) is 13.5 Å². The van der Waals surface area contributed by atoms with Crippen molar-refractivity contribution < 1.29 is 5.11 Å². The first-order valence-corrected chi connectivity index (χ1v) is 5.45. The van der Waals surface area contributed by atoms with E-state index in [1.165, 1.54) is 0 Å². The molecule has 0 spiro atoms. The minimum Gasteiger partial charge on any atom is -0.392 e. The highest BCUT2D eigenvalue weighted by Crippen LogP contribution is 2.22. The van der Waals surface area contributed by atoms with Gasteiger partial charge in [-0.25, -0.2) is 0 Å². The van der Waals surface area contributed by atoms with E-state index in [0.717, 1.165) is 22.3 Å². The molecule has 84 valence electrons. The van der Waals surface area contributed by atoms with E-state index in [9.17, 15) is 0 Å². The average molecular weight is 223 g/mol. The molecule has 0 fully saturated rings. The van der Waals surface area contributed by atoms with Crippen molar-refractivity contribution in [3.63, 3.8) is 0 Å². The Bertz CT molecular complexity index is 564. The first-order chi connectivity index (χ1) is 8.22. The second-order valence-electron chi connectivity index (χ2n) is 4.05. The Morgan fingerprint density at radius 1 is 1.06 bits per heavy atom. The fraction of sp³-hybridized carbons (Fsp3) is 0.133. The predicted octanol–water partition coefficient (Wildman–Crippen LogP) is 3.03. The Kier molecular flexibility index (Phi) is 3.22. The zero-order valence-corrected chi connectivity index (χ0v) is 9.64. The van der Waals surface area contributed by atoms with Crippen molar-refractivity contribution in [2.75, 3.05) is 0 Å². The molecule has 0 aromatic heterocycles. The van der Waals surface area contributed by atoms with Crippen molar-refractivity contribution >= 4 is 0 Å². The average Bonchev–Trinajstić information content (AvgIpc) is 2.38. The second-order valence-corrected chi connectivity index (χ2v) is 4.05. The number of aliphatic hydroxyl groups is 1. The first-order valence-electron chi connectivity index (χ1n) is 5.45. The van der Waals surface area contributed by atoms with Crippen LogP contribution in [0, 0.1) is 18.3 Å². The molecule has 0 bridgehead atoms. The zero-order valence-electron chi connectivity index (χ0n) is 9.64. The molecule has 0 atom stereocenters. The lowest BCUT2D eigenvalue weighted by Gasteiger charge is -2.05. The van der Waals surface area contributed by atoms with E-state index < -0.39 is 0 Å². The van der Waals surface area contributed by atoms with Gasteiger partial charge >= 0.3 is 0 Å². The summed E-state index contributed by atoms with van der Waals surface area (Å²) < 4.78 is 0. The quantitative estimate of drug-likeness (QED) is 0.850. The largest absolute Gasteiger partial charge is 0.392 e. The molecule has 0 aliphatic carbocycles. The maximum Gasteiger partial charge on any atom is 0.0991 e. The van der Waals surface area contributed by atoms with Gasteiger partial charge in [0.2, 0.25) is 0 Å². The van der Waals surface area contributed by atoms with Crippen molar-refractivity contribution in [1.29, 1.82) is 5.26 Å². The van der Waals surface area contributed by atoms with E-state index in [-0.39, 0.29) is 6.61 Å². The summed E-state index contributed by atoms with van der Waals surface area (Å²) in [5.74, 6) is 0. The van der Waals surface area contributed by atoms with Crippen molar-refractivity contribution in [2.24, 2.45) is 0 Å². The Hall–Kier alpha value is -2.11. The van der Waals surface area contributed by atoms with Gasteiger partial charge in [-0.05, 0) is 41.3 Å². The van der Waals surface area contributed by atoms with Gasteiger partial charge in [-0.1, -0.05) is 30.3 Å². The molecule has 0 heterocycles. The third kappa shape index (κ3) is 2.52. The van der Waals surface area contributed by atoms with Crippen LogP contribution in [0.4, 0.5) is 0 Å². The van der Waals surface area contributed by atoms with Crippen LogP contribution in [-0.4, -0.2) is 5.11 Å². The number of rotatable bonds is 2. The van der Waals surface area contributed by atoms with E-state index in [1.807, 2.05) is 43.3 Å². The standard InChI is InChI=1S/C15H13NO/c1-11-6-13(9-16)8-15(7-11)14-4-2-12(10-17)3-5-14/h2-8,17H,10H2,1H3. The number of aryl methyl sites for hydroxylation is 1. The molecule has 0 aliphatic heterocycles. The summed E-state index contributed by atoms with van der Waals surface area (Å²) in [6.07, 6.45) is 0. The number of hydrogen-bond acceptors (Lipinski definition) is 2. The molecule has 0 aliphatic rings. The second kappa shape index (κ2) is 4.82. The first kappa shape index (κ1) is 11.4. The summed E-state index contributed by atoms with van der Waals surface area (Å²) in [6, 6.07) is 15.7. The minimum absolute atomic E-state index is 0.0531. The summed E-state index contributed by atoms with van der Waals surface area (Å²) in [7, 11) is 0. The number of aliphatic hydroxyl groups excluding tert-OH is 1. The highest BCUT2D eigenvalue weighted by Gasteiger charge is 2.01. The van der Waals surface area contributed by atoms with Crippen LogP contribution >= 0.6 is 0 Å². The minimum atomic E-state index is 0.0531. The molecule has 2 aromatic rings. The van der Waals surface area contributed by atoms with Gasteiger partial charge in [0.15, 0.2) is 0 Å². The fourth-order valence-corrected chi connectivity index (χ4v) is 1.82. The lowest BCUT2D eigenvalue weighted by atomic mass is 10.00. The number of benzene rings is 2. The molecule has 0 saturated heterocycles. The molecule has 2 heteroatoms. The maximum atomic E-state index is 8.98. The van der Waals surface area contributed by atoms with Crippen LogP contribution in [0.2, 0.25) is 0 Å². The van der Waals surface area contributed by atoms with Crippen molar-refractivity contribution in [3.05, 3.63) is 59.2 Å². The van der Waals surface area contributed by atoms with Crippen LogP contribution in [0.1, 0.15) is 16.7 Å². The van der Waals surface area contributed by atoms with Crippen molar-refractivity contribution in [3.8, 4) is 17.2 Å². The number of hydrogen-bond donors (Lipinski definition) is 1. The fourth-order valence-electron chi connectivity index (χ4n) is 1.82. The Morgan fingerprint density at radius 2 is 1.76 bits per heavy atom. The highest BCUT2D eigenvalue weighted by atomic mass is 16.3. The molecular formula is C15H13NO. The van der Waals surface area contributed by atoms with Gasteiger partial charge in [-0.15, -0.1) is 0 Å². The van der Waals surface area contributed by atoms with Crippen LogP contribution < -0.4 is 0 Å². The van der Waals surface area contributed by atoms with E-state index in [1.54, 1.807) is 0 Å². The summed E-state index contributed by atoms with van der Waals surface area (Å²) in [5.41, 5.74) is 4.73. The third-order valence-electron chi connectivity index (χ3n) is 2.68. The van der Waals surface area contributed by atoms with Crippen LogP contribution in [-0.2, 0) is 6.61 Å². The van der Waals surface area contributed by atoms with Gasteiger partial charge in [0, 0.05) is 0 Å². The van der Waals surface area contributed by atoms with E-state index in [4.69, 9.17) is 10.4 Å². The lowest BCUT2D eigenvalue weighted by molar-refractivity contribution is 0.282. The molecule has 0 unspecified atom stereocenters. The molecule has 1 N–H and O–H groups in total. The van der Waals surface area contributed by atoms with Gasteiger partial charge in [0.1, 0.15) is 0 Å². The van der Waals surface area contributed by atoms with Crippen LogP contribution in [0.25, 0.3) is 11.1 Å². The Labute approximate surface area is 101 Å². The monoisotopic (exact) mass is 223 g/mol. The smallest absolute Gasteiger partial charge is 0.0991 e. The van der Waals surface area contributed by atoms with E-state index in [2.05, 4.69) is 12.1 Å². The highest BCUT2D eigenvalue weighted by molar-refractivity contribution is 5.66. The van der Waals surface area contributed by atoms with Gasteiger partial charge in [0.05, 0.1) is 18.2 Å². The Morgan fingerprint density at radius 3 is 2.35 bits per heavy atom. The maximum absolute atomic E-state index is 8.98. The SMILES string of the molecule is Cc1cc(C#N)cc(-c2ccc(CO)cc2)c1. The summed E-state index contributed by atoms with van der Waals surface area (Å²) in [6.45, 7) is 2.03.